The summed E-state index contributed by atoms with van der Waals surface area (Å²) in [5.74, 6) is 0. The minimum atomic E-state index is 0.570. The van der Waals surface area contributed by atoms with E-state index in [2.05, 4.69) is 30.4 Å². The minimum absolute atomic E-state index is 0.570. The van der Waals surface area contributed by atoms with Crippen LogP contribution in [-0.2, 0) is 0 Å². The molecular weight excluding hydrogens is 184 g/mol. The van der Waals surface area contributed by atoms with Gasteiger partial charge in [-0.15, -0.1) is 0 Å². The van der Waals surface area contributed by atoms with Crippen LogP contribution >= 0.6 is 0 Å². The molecule has 1 rings (SSSR count). The summed E-state index contributed by atoms with van der Waals surface area (Å²) in [7, 11) is 0. The molecule has 15 heavy (non-hydrogen) atoms. The van der Waals surface area contributed by atoms with E-state index in [1.165, 1.54) is 0 Å². The Bertz CT molecular complexity index is 400. The largest absolute Gasteiger partial charge is 0.398 e. The molecule has 2 N–H and O–H groups in total. The van der Waals surface area contributed by atoms with Crippen LogP contribution in [0.4, 0.5) is 0 Å². The van der Waals surface area contributed by atoms with Gasteiger partial charge in [0.1, 0.15) is 0 Å². The molecule has 0 aliphatic carbocycles. The lowest BCUT2D eigenvalue weighted by molar-refractivity contribution is 1.27. The molecule has 2 nitrogen and oxygen atoms in total. The Kier molecular flexibility index (Phi) is 3.93. The number of hydrogen-bond donors (Lipinski definition) is 1. The molecule has 0 aromatic carbocycles. The molecule has 0 saturated carbocycles. The van der Waals surface area contributed by atoms with Crippen LogP contribution in [0.3, 0.4) is 0 Å². The van der Waals surface area contributed by atoms with Gasteiger partial charge in [0.2, 0.25) is 0 Å². The molecule has 0 amide bonds. The Morgan fingerprint density at radius 1 is 1.47 bits per heavy atom. The summed E-state index contributed by atoms with van der Waals surface area (Å²) in [6.45, 7) is 7.41. The zero-order valence-electron chi connectivity index (χ0n) is 8.40. The zero-order valence-corrected chi connectivity index (χ0v) is 8.40. The third-order valence-corrected chi connectivity index (χ3v) is 1.75. The van der Waals surface area contributed by atoms with E-state index in [1.807, 2.05) is 0 Å². The molecule has 0 aliphatic rings. The Labute approximate surface area is 90.2 Å². The quantitative estimate of drug-likeness (QED) is 0.750. The number of nitrogens with two attached hydrogens (primary N) is 1. The number of hydrogen-bond acceptors (Lipinski definition) is 2. The summed E-state index contributed by atoms with van der Waals surface area (Å²) in [4.78, 5) is 3.98. The van der Waals surface area contributed by atoms with E-state index in [-0.39, 0.29) is 0 Å². The molecule has 0 atom stereocenters. The van der Waals surface area contributed by atoms with Gasteiger partial charge in [-0.05, 0) is 24.3 Å². The van der Waals surface area contributed by atoms with E-state index in [4.69, 9.17) is 5.73 Å². The highest BCUT2D eigenvalue weighted by Crippen LogP contribution is 2.13. The van der Waals surface area contributed by atoms with Crippen molar-refractivity contribution in [2.24, 2.45) is 5.73 Å². The topological polar surface area (TPSA) is 38.9 Å². The number of allylic oxidation sites excluding steroid dienone is 5. The van der Waals surface area contributed by atoms with E-state index in [1.54, 1.807) is 36.4 Å². The summed E-state index contributed by atoms with van der Waals surface area (Å²) in [5.41, 5.74) is 7.75. The van der Waals surface area contributed by atoms with Crippen LogP contribution in [0.25, 0.3) is 5.57 Å². The van der Waals surface area contributed by atoms with Crippen molar-refractivity contribution in [1.29, 1.82) is 0 Å². The lowest BCUT2D eigenvalue weighted by atomic mass is 10.1. The second-order valence-corrected chi connectivity index (χ2v) is 2.81. The van der Waals surface area contributed by atoms with Gasteiger partial charge in [0.25, 0.3) is 0 Å². The smallest absolute Gasteiger partial charge is 0.0830 e. The Morgan fingerprint density at radius 2 is 2.27 bits per heavy atom. The molecular formula is C13H12N2. The normalized spacial score (nSPS) is 11.1. The lowest BCUT2D eigenvalue weighted by Gasteiger charge is -2.02. The Hall–Kier alpha value is -2.27. The van der Waals surface area contributed by atoms with Gasteiger partial charge in [0.15, 0.2) is 0 Å². The maximum absolute atomic E-state index is 5.80. The van der Waals surface area contributed by atoms with Gasteiger partial charge in [-0.3, -0.25) is 0 Å². The van der Waals surface area contributed by atoms with Gasteiger partial charge in [0, 0.05) is 17.5 Å². The second-order valence-electron chi connectivity index (χ2n) is 2.81. The molecule has 2 heteroatoms. The first-order valence-corrected chi connectivity index (χ1v) is 4.45. The van der Waals surface area contributed by atoms with Crippen molar-refractivity contribution in [2.75, 3.05) is 0 Å². The molecule has 0 aliphatic heterocycles. The van der Waals surface area contributed by atoms with Crippen molar-refractivity contribution in [2.45, 2.75) is 0 Å². The highest BCUT2D eigenvalue weighted by Gasteiger charge is 2.00. The van der Waals surface area contributed by atoms with Crippen molar-refractivity contribution in [3.63, 3.8) is 0 Å². The maximum atomic E-state index is 5.80. The summed E-state index contributed by atoms with van der Waals surface area (Å²) >= 11 is 0. The van der Waals surface area contributed by atoms with E-state index < -0.39 is 0 Å². The average molecular weight is 196 g/mol. The van der Waals surface area contributed by atoms with Crippen LogP contribution in [-0.4, -0.2) is 4.98 Å². The minimum Gasteiger partial charge on any atom is -0.398 e. The molecule has 1 aromatic heterocycles. The van der Waals surface area contributed by atoms with Crippen LogP contribution in [0.1, 0.15) is 5.69 Å². The van der Waals surface area contributed by atoms with Gasteiger partial charge < -0.3 is 5.73 Å². The van der Waals surface area contributed by atoms with Gasteiger partial charge in [-0.2, -0.15) is 4.98 Å². The van der Waals surface area contributed by atoms with E-state index in [9.17, 15) is 0 Å². The van der Waals surface area contributed by atoms with Gasteiger partial charge in [-0.25, -0.2) is 0 Å². The van der Waals surface area contributed by atoms with Crippen molar-refractivity contribution >= 4 is 5.57 Å². The molecule has 1 aromatic rings. The third-order valence-electron chi connectivity index (χ3n) is 1.75. The van der Waals surface area contributed by atoms with E-state index in [0.717, 1.165) is 0 Å². The van der Waals surface area contributed by atoms with Crippen molar-refractivity contribution in [3.8, 4) is 0 Å². The molecule has 74 valence electrons. The van der Waals surface area contributed by atoms with Gasteiger partial charge in [-0.1, -0.05) is 31.4 Å². The van der Waals surface area contributed by atoms with Crippen LogP contribution in [0.2, 0.25) is 0 Å². The fourth-order valence-corrected chi connectivity index (χ4v) is 0.942. The highest BCUT2D eigenvalue weighted by atomic mass is 14.7. The Morgan fingerprint density at radius 3 is 2.87 bits per heavy atom. The fourth-order valence-electron chi connectivity index (χ4n) is 0.942. The Balaban J connectivity index is 2.82. The molecule has 0 spiro atoms. The van der Waals surface area contributed by atoms with Crippen LogP contribution in [0.5, 0.6) is 0 Å². The summed E-state index contributed by atoms with van der Waals surface area (Å²) in [6.07, 6.45) is 9.63. The molecule has 0 unspecified atom stereocenters. The summed E-state index contributed by atoms with van der Waals surface area (Å²) in [5, 5.41) is 0. The van der Waals surface area contributed by atoms with Gasteiger partial charge in [0.05, 0.1) is 5.69 Å². The first-order valence-electron chi connectivity index (χ1n) is 4.45. The number of rotatable bonds is 4. The average Bonchev–Trinajstić information content (AvgIpc) is 2.29. The lowest BCUT2D eigenvalue weighted by Crippen LogP contribution is -2.00. The van der Waals surface area contributed by atoms with E-state index >= 15 is 0 Å². The number of aromatic nitrogens is 1. The van der Waals surface area contributed by atoms with E-state index in [0.29, 0.717) is 17.0 Å². The predicted octanol–water partition coefficient (Wildman–Crippen LogP) is 2.28. The second kappa shape index (κ2) is 5.46. The monoisotopic (exact) mass is 196 g/mol. The maximum Gasteiger partial charge on any atom is 0.0830 e. The van der Waals surface area contributed by atoms with Crippen LogP contribution < -0.4 is 5.73 Å². The highest BCUT2D eigenvalue weighted by molar-refractivity contribution is 5.74. The van der Waals surface area contributed by atoms with Crippen molar-refractivity contribution in [3.05, 3.63) is 73.2 Å². The first-order chi connectivity index (χ1) is 7.25. The van der Waals surface area contributed by atoms with Crippen molar-refractivity contribution < 1.29 is 0 Å². The SMILES string of the molecule is C=C/C=C\C=C(/N)C(=C)c1ccc#cn1. The third kappa shape index (κ3) is 3.17. The molecule has 1 heterocycles. The standard InChI is InChI=1S/C13H12N2/c1-3-4-5-8-12(14)11(2)13-9-6-7-10-15-13/h3-6,8-9H,1-2,14H2/b5-4-,12-8-. The summed E-state index contributed by atoms with van der Waals surface area (Å²) < 4.78 is 0. The predicted molar refractivity (Wildman–Crippen MR) is 62.6 cm³/mol. The van der Waals surface area contributed by atoms with Gasteiger partial charge >= 0.3 is 0 Å². The van der Waals surface area contributed by atoms with Crippen molar-refractivity contribution in [1.82, 2.24) is 4.98 Å². The molecule has 0 radical (unpaired) electrons. The summed E-state index contributed by atoms with van der Waals surface area (Å²) in [6, 6.07) is 6.23. The van der Waals surface area contributed by atoms with Crippen LogP contribution in [0, 0.1) is 12.3 Å². The number of nitrogens with zero attached hydrogens (tertiary/aromatic N) is 1. The zero-order chi connectivity index (χ0) is 11.1. The van der Waals surface area contributed by atoms with Crippen LogP contribution in [0.15, 0.2) is 55.3 Å². The fraction of sp³-hybridized carbons (Fsp3) is 0. The molecule has 0 bridgehead atoms. The molecule has 0 fully saturated rings. The molecule has 0 saturated heterocycles. The first kappa shape index (κ1) is 10.8.